The predicted octanol–water partition coefficient (Wildman–Crippen LogP) is 1.53. The minimum atomic E-state index is 0.125. The highest BCUT2D eigenvalue weighted by Crippen LogP contribution is 2.17. The lowest BCUT2D eigenvalue weighted by Gasteiger charge is -2.31. The van der Waals surface area contributed by atoms with Crippen molar-refractivity contribution in [2.45, 2.75) is 20.4 Å². The molecule has 0 spiro atoms. The van der Waals surface area contributed by atoms with Gasteiger partial charge in [-0.05, 0) is 47.8 Å². The lowest BCUT2D eigenvalue weighted by atomic mass is 9.88. The topological polar surface area (TPSA) is 41.1 Å². The van der Waals surface area contributed by atoms with E-state index in [4.69, 9.17) is 0 Å². The number of hydrogen-bond acceptors (Lipinski definition) is 3. The molecule has 88 valence electrons. The normalized spacial score (nSPS) is 17.9. The van der Waals surface area contributed by atoms with Crippen molar-refractivity contribution in [3.63, 3.8) is 0 Å². The summed E-state index contributed by atoms with van der Waals surface area (Å²) < 4.78 is 0. The molecule has 1 atom stereocenters. The smallest absolute Gasteiger partial charge is 0.223 e. The van der Waals surface area contributed by atoms with Crippen molar-refractivity contribution in [3.8, 4) is 0 Å². The van der Waals surface area contributed by atoms with Crippen LogP contribution in [0.15, 0.2) is 10.8 Å². The first-order chi connectivity index (χ1) is 7.68. The highest BCUT2D eigenvalue weighted by molar-refractivity contribution is 7.08. The minimum absolute atomic E-state index is 0.125. The van der Waals surface area contributed by atoms with Crippen LogP contribution in [0.5, 0.6) is 0 Å². The van der Waals surface area contributed by atoms with E-state index in [2.05, 4.69) is 28.3 Å². The molecular formula is C12H18N2OS. The first kappa shape index (κ1) is 11.6. The second-order valence-corrected chi connectivity index (χ2v) is 5.25. The largest absolute Gasteiger partial charge is 0.352 e. The molecule has 0 radical (unpaired) electrons. The molecule has 1 aliphatic heterocycles. The first-order valence-corrected chi connectivity index (χ1v) is 6.63. The fraction of sp³-hybridized carbons (Fsp3) is 0.583. The van der Waals surface area contributed by atoms with Gasteiger partial charge in [-0.1, -0.05) is 6.92 Å². The van der Waals surface area contributed by atoms with Crippen LogP contribution in [-0.4, -0.2) is 19.0 Å². The van der Waals surface area contributed by atoms with Crippen molar-refractivity contribution < 1.29 is 4.79 Å². The van der Waals surface area contributed by atoms with Crippen LogP contribution in [0.2, 0.25) is 0 Å². The van der Waals surface area contributed by atoms with E-state index in [1.807, 2.05) is 6.92 Å². The van der Waals surface area contributed by atoms with E-state index >= 15 is 0 Å². The molecule has 1 unspecified atom stereocenters. The molecule has 1 fully saturated rings. The van der Waals surface area contributed by atoms with Gasteiger partial charge in [-0.25, -0.2) is 0 Å². The molecular weight excluding hydrogens is 220 g/mol. The Hall–Kier alpha value is -0.870. The van der Waals surface area contributed by atoms with E-state index in [1.165, 1.54) is 11.1 Å². The van der Waals surface area contributed by atoms with Crippen LogP contribution in [0.4, 0.5) is 0 Å². The molecule has 0 saturated carbocycles. The Kier molecular flexibility index (Phi) is 3.61. The van der Waals surface area contributed by atoms with Crippen LogP contribution in [-0.2, 0) is 11.3 Å². The molecule has 2 N–H and O–H groups in total. The maximum Gasteiger partial charge on any atom is 0.223 e. The lowest BCUT2D eigenvalue weighted by Crippen LogP contribution is -2.49. The van der Waals surface area contributed by atoms with Gasteiger partial charge >= 0.3 is 0 Å². The zero-order valence-corrected chi connectivity index (χ0v) is 10.6. The molecule has 1 aromatic rings. The van der Waals surface area contributed by atoms with Gasteiger partial charge in [0, 0.05) is 12.5 Å². The fourth-order valence-corrected chi connectivity index (χ4v) is 2.65. The third-order valence-corrected chi connectivity index (χ3v) is 4.26. The van der Waals surface area contributed by atoms with Gasteiger partial charge in [-0.2, -0.15) is 11.3 Å². The summed E-state index contributed by atoms with van der Waals surface area (Å²) in [6.45, 7) is 6.72. The number of hydrogen-bond donors (Lipinski definition) is 2. The van der Waals surface area contributed by atoms with Crippen LogP contribution in [0, 0.1) is 18.8 Å². The molecule has 1 saturated heterocycles. The Labute approximate surface area is 100 Å². The van der Waals surface area contributed by atoms with Gasteiger partial charge in [-0.3, -0.25) is 4.79 Å². The monoisotopic (exact) mass is 238 g/mol. The molecule has 0 aliphatic carbocycles. The SMILES string of the molecule is Cc1cscc1CNC(=O)C(C)C1CNC1. The maximum atomic E-state index is 11.8. The van der Waals surface area contributed by atoms with Gasteiger partial charge in [0.05, 0.1) is 0 Å². The van der Waals surface area contributed by atoms with Gasteiger partial charge in [0.15, 0.2) is 0 Å². The number of amides is 1. The molecule has 2 rings (SSSR count). The molecule has 1 amide bonds. The summed E-state index contributed by atoms with van der Waals surface area (Å²) in [5, 5.41) is 10.4. The van der Waals surface area contributed by atoms with Crippen molar-refractivity contribution in [1.29, 1.82) is 0 Å². The number of carbonyl (C=O) groups is 1. The number of thiophene rings is 1. The highest BCUT2D eigenvalue weighted by Gasteiger charge is 2.28. The maximum absolute atomic E-state index is 11.8. The highest BCUT2D eigenvalue weighted by atomic mass is 32.1. The Morgan fingerprint density at radius 1 is 1.62 bits per heavy atom. The number of rotatable bonds is 4. The van der Waals surface area contributed by atoms with Crippen molar-refractivity contribution >= 4 is 17.2 Å². The summed E-state index contributed by atoms with van der Waals surface area (Å²) in [5.74, 6) is 0.820. The molecule has 3 nitrogen and oxygen atoms in total. The summed E-state index contributed by atoms with van der Waals surface area (Å²) in [5.41, 5.74) is 2.50. The average molecular weight is 238 g/mol. The molecule has 1 aliphatic rings. The molecule has 1 aromatic heterocycles. The molecule has 2 heterocycles. The molecule has 0 bridgehead atoms. The Morgan fingerprint density at radius 3 is 2.88 bits per heavy atom. The molecule has 16 heavy (non-hydrogen) atoms. The Balaban J connectivity index is 1.81. The first-order valence-electron chi connectivity index (χ1n) is 5.68. The van der Waals surface area contributed by atoms with E-state index in [0.29, 0.717) is 12.5 Å². The second-order valence-electron chi connectivity index (χ2n) is 4.50. The standard InChI is InChI=1S/C12H18N2OS/c1-8-6-16-7-11(8)5-14-12(15)9(2)10-3-13-4-10/h6-7,9-10,13H,3-5H2,1-2H3,(H,14,15). The summed E-state index contributed by atoms with van der Waals surface area (Å²) in [4.78, 5) is 11.8. The van der Waals surface area contributed by atoms with Crippen molar-refractivity contribution in [2.75, 3.05) is 13.1 Å². The van der Waals surface area contributed by atoms with E-state index in [-0.39, 0.29) is 11.8 Å². The third-order valence-electron chi connectivity index (χ3n) is 3.35. The van der Waals surface area contributed by atoms with Gasteiger partial charge in [0.2, 0.25) is 5.91 Å². The summed E-state index contributed by atoms with van der Waals surface area (Å²) in [7, 11) is 0. The van der Waals surface area contributed by atoms with Crippen LogP contribution >= 0.6 is 11.3 Å². The zero-order chi connectivity index (χ0) is 11.5. The van der Waals surface area contributed by atoms with E-state index < -0.39 is 0 Å². The van der Waals surface area contributed by atoms with Crippen LogP contribution in [0.25, 0.3) is 0 Å². The van der Waals surface area contributed by atoms with Gasteiger partial charge < -0.3 is 10.6 Å². The second kappa shape index (κ2) is 4.97. The van der Waals surface area contributed by atoms with Gasteiger partial charge in [0.25, 0.3) is 0 Å². The fourth-order valence-electron chi connectivity index (χ4n) is 1.79. The quantitative estimate of drug-likeness (QED) is 0.835. The zero-order valence-electron chi connectivity index (χ0n) is 9.75. The van der Waals surface area contributed by atoms with E-state index in [1.54, 1.807) is 11.3 Å². The third kappa shape index (κ3) is 2.44. The summed E-state index contributed by atoms with van der Waals surface area (Å²) >= 11 is 1.69. The lowest BCUT2D eigenvalue weighted by molar-refractivity contribution is -0.126. The van der Waals surface area contributed by atoms with E-state index in [9.17, 15) is 4.79 Å². The van der Waals surface area contributed by atoms with E-state index in [0.717, 1.165) is 13.1 Å². The minimum Gasteiger partial charge on any atom is -0.352 e. The van der Waals surface area contributed by atoms with Crippen LogP contribution < -0.4 is 10.6 Å². The predicted molar refractivity (Wildman–Crippen MR) is 66.4 cm³/mol. The summed E-state index contributed by atoms with van der Waals surface area (Å²) in [6.07, 6.45) is 0. The van der Waals surface area contributed by atoms with Crippen LogP contribution in [0.3, 0.4) is 0 Å². The average Bonchev–Trinajstić information content (AvgIpc) is 2.57. The summed E-state index contributed by atoms with van der Waals surface area (Å²) in [6, 6.07) is 0. The Bertz CT molecular complexity index is 371. The van der Waals surface area contributed by atoms with Crippen molar-refractivity contribution in [3.05, 3.63) is 21.9 Å². The molecule has 4 heteroatoms. The van der Waals surface area contributed by atoms with Crippen LogP contribution in [0.1, 0.15) is 18.1 Å². The Morgan fingerprint density at radius 2 is 2.38 bits per heavy atom. The van der Waals surface area contributed by atoms with Gasteiger partial charge in [-0.15, -0.1) is 0 Å². The molecule has 0 aromatic carbocycles. The van der Waals surface area contributed by atoms with Gasteiger partial charge in [0.1, 0.15) is 0 Å². The van der Waals surface area contributed by atoms with Crippen molar-refractivity contribution in [1.82, 2.24) is 10.6 Å². The number of nitrogens with one attached hydrogen (secondary N) is 2. The number of carbonyl (C=O) groups excluding carboxylic acids is 1. The van der Waals surface area contributed by atoms with Crippen molar-refractivity contribution in [2.24, 2.45) is 11.8 Å². The number of aryl methyl sites for hydroxylation is 1.